The van der Waals surface area contributed by atoms with Crippen molar-refractivity contribution >= 4 is 23.0 Å². The molecule has 1 rings (SSSR count). The zero-order chi connectivity index (χ0) is 10.9. The minimum absolute atomic E-state index is 0.286. The number of rotatable bonds is 2. The molecule has 6 nitrogen and oxygen atoms in total. The van der Waals surface area contributed by atoms with Gasteiger partial charge in [-0.3, -0.25) is 20.2 Å². The summed E-state index contributed by atoms with van der Waals surface area (Å²) in [6.45, 7) is 0. The van der Waals surface area contributed by atoms with Gasteiger partial charge in [0.25, 0.3) is 11.4 Å². The maximum atomic E-state index is 10.4. The van der Waals surface area contributed by atoms with Gasteiger partial charge in [-0.2, -0.15) is 0 Å². The smallest absolute Gasteiger partial charge is 0.258 e. The van der Waals surface area contributed by atoms with Gasteiger partial charge in [0.15, 0.2) is 0 Å². The van der Waals surface area contributed by atoms with Crippen LogP contribution < -0.4 is 0 Å². The van der Waals surface area contributed by atoms with Crippen LogP contribution in [0.15, 0.2) is 18.2 Å². The summed E-state index contributed by atoms with van der Waals surface area (Å²) in [5.74, 6) is 0. The first-order valence-electron chi connectivity index (χ1n) is 3.53. The molecular formula is C6H3ClN2O4. The second kappa shape index (κ2) is 3.36. The monoisotopic (exact) mass is 203 g/mol. The third kappa shape index (κ3) is 1.91. The van der Waals surface area contributed by atoms with E-state index in [-0.39, 0.29) is 5.02 Å². The van der Waals surface area contributed by atoms with Gasteiger partial charge in [0, 0.05) is 6.07 Å². The van der Waals surface area contributed by atoms with Crippen LogP contribution in [0.2, 0.25) is 5.02 Å². The molecule has 0 aliphatic heterocycles. The SMILES string of the molecule is [2H]c1c([N+](=O)[O-])ccc(Cl)c1[N+](=O)[O-]. The van der Waals surface area contributed by atoms with Gasteiger partial charge in [-0.1, -0.05) is 11.6 Å². The topological polar surface area (TPSA) is 86.3 Å². The summed E-state index contributed by atoms with van der Waals surface area (Å²) in [4.78, 5) is 18.9. The number of nitrogens with zero attached hydrogens (tertiary/aromatic N) is 2. The molecule has 0 amide bonds. The van der Waals surface area contributed by atoms with Crippen molar-refractivity contribution in [3.63, 3.8) is 0 Å². The molecule has 68 valence electrons. The summed E-state index contributed by atoms with van der Waals surface area (Å²) in [5, 5.41) is 20.4. The Morgan fingerprint density at radius 3 is 2.38 bits per heavy atom. The van der Waals surface area contributed by atoms with Crippen molar-refractivity contribution < 1.29 is 11.2 Å². The van der Waals surface area contributed by atoms with Gasteiger partial charge in [0.05, 0.1) is 17.3 Å². The Labute approximate surface area is 78.4 Å². The molecule has 1 aromatic rings. The van der Waals surface area contributed by atoms with E-state index in [9.17, 15) is 20.2 Å². The minimum atomic E-state index is -0.919. The first-order chi connectivity index (χ1) is 6.45. The molecule has 0 saturated heterocycles. The number of nitro groups is 2. The molecule has 0 spiro atoms. The van der Waals surface area contributed by atoms with Gasteiger partial charge < -0.3 is 0 Å². The number of benzene rings is 1. The van der Waals surface area contributed by atoms with Crippen molar-refractivity contribution in [2.75, 3.05) is 0 Å². The van der Waals surface area contributed by atoms with E-state index in [1.165, 1.54) is 0 Å². The molecule has 1 aromatic carbocycles. The van der Waals surface area contributed by atoms with Crippen LogP contribution in [0.4, 0.5) is 11.4 Å². The van der Waals surface area contributed by atoms with Crippen molar-refractivity contribution in [2.24, 2.45) is 0 Å². The first kappa shape index (κ1) is 7.93. The fourth-order valence-corrected chi connectivity index (χ4v) is 0.872. The lowest BCUT2D eigenvalue weighted by Crippen LogP contribution is -1.92. The average molecular weight is 204 g/mol. The molecule has 0 aliphatic carbocycles. The largest absolute Gasteiger partial charge is 0.294 e. The molecule has 7 heteroatoms. The highest BCUT2D eigenvalue weighted by Crippen LogP contribution is 2.28. The van der Waals surface area contributed by atoms with Crippen molar-refractivity contribution in [2.45, 2.75) is 0 Å². The molecule has 0 radical (unpaired) electrons. The average Bonchev–Trinajstić information content (AvgIpc) is 2.02. The van der Waals surface area contributed by atoms with Crippen LogP contribution in [-0.2, 0) is 0 Å². The minimum Gasteiger partial charge on any atom is -0.258 e. The summed E-state index contributed by atoms with van der Waals surface area (Å²) >= 11 is 5.42. The Morgan fingerprint density at radius 2 is 1.92 bits per heavy atom. The highest BCUT2D eigenvalue weighted by molar-refractivity contribution is 6.32. The quantitative estimate of drug-likeness (QED) is 0.544. The molecule has 0 bridgehead atoms. The van der Waals surface area contributed by atoms with Gasteiger partial charge in [0.1, 0.15) is 5.02 Å². The van der Waals surface area contributed by atoms with Gasteiger partial charge in [0.2, 0.25) is 0 Å². The summed E-state index contributed by atoms with van der Waals surface area (Å²) in [5.41, 5.74) is -1.39. The molecular weight excluding hydrogens is 200 g/mol. The van der Waals surface area contributed by atoms with E-state index in [0.29, 0.717) is 0 Å². The third-order valence-electron chi connectivity index (χ3n) is 1.24. The van der Waals surface area contributed by atoms with E-state index in [4.69, 9.17) is 13.0 Å². The van der Waals surface area contributed by atoms with Gasteiger partial charge in [-0.25, -0.2) is 0 Å². The molecule has 0 heterocycles. The maximum absolute atomic E-state index is 10.4. The molecule has 0 unspecified atom stereocenters. The lowest BCUT2D eigenvalue weighted by Gasteiger charge is -1.94. The summed E-state index contributed by atoms with van der Waals surface area (Å²) in [6.07, 6.45) is 0. The summed E-state index contributed by atoms with van der Waals surface area (Å²) < 4.78 is 7.18. The first-order valence-corrected chi connectivity index (χ1v) is 3.41. The molecule has 0 atom stereocenters. The number of hydrogen-bond donors (Lipinski definition) is 0. The normalized spacial score (nSPS) is 10.7. The standard InChI is InChI=1S/C6H3ClN2O4/c7-5-2-1-4(8(10)11)3-6(5)9(12)13/h1-3H/i3D. The van der Waals surface area contributed by atoms with Crippen molar-refractivity contribution in [1.82, 2.24) is 0 Å². The van der Waals surface area contributed by atoms with Crippen LogP contribution in [0.25, 0.3) is 0 Å². The summed E-state index contributed by atoms with van der Waals surface area (Å²) in [7, 11) is 0. The fraction of sp³-hybridized carbons (Fsp3) is 0. The highest BCUT2D eigenvalue weighted by atomic mass is 35.5. The molecule has 13 heavy (non-hydrogen) atoms. The Morgan fingerprint density at radius 1 is 1.31 bits per heavy atom. The van der Waals surface area contributed by atoms with Crippen LogP contribution in [0.3, 0.4) is 0 Å². The van der Waals surface area contributed by atoms with Crippen molar-refractivity contribution in [3.8, 4) is 0 Å². The lowest BCUT2D eigenvalue weighted by atomic mass is 10.3. The molecule has 0 fully saturated rings. The Balaban J connectivity index is 3.49. The predicted molar refractivity (Wildman–Crippen MR) is 44.8 cm³/mol. The van der Waals surface area contributed by atoms with Crippen LogP contribution in [0.5, 0.6) is 0 Å². The van der Waals surface area contributed by atoms with E-state index >= 15 is 0 Å². The van der Waals surface area contributed by atoms with Crippen LogP contribution >= 0.6 is 11.6 Å². The number of halogens is 1. The van der Waals surface area contributed by atoms with Crippen LogP contribution in [-0.4, -0.2) is 9.85 Å². The van der Waals surface area contributed by atoms with E-state index in [0.717, 1.165) is 12.1 Å². The van der Waals surface area contributed by atoms with Gasteiger partial charge in [-0.15, -0.1) is 0 Å². The zero-order valence-corrected chi connectivity index (χ0v) is 6.82. The predicted octanol–water partition coefficient (Wildman–Crippen LogP) is 2.16. The van der Waals surface area contributed by atoms with Gasteiger partial charge >= 0.3 is 0 Å². The van der Waals surface area contributed by atoms with E-state index in [1.807, 2.05) is 0 Å². The van der Waals surface area contributed by atoms with E-state index < -0.39 is 27.3 Å². The molecule has 0 aromatic heterocycles. The zero-order valence-electron chi connectivity index (χ0n) is 7.06. The lowest BCUT2D eigenvalue weighted by molar-refractivity contribution is -0.394. The Kier molecular flexibility index (Phi) is 2.05. The van der Waals surface area contributed by atoms with Crippen molar-refractivity contribution in [1.29, 1.82) is 0 Å². The van der Waals surface area contributed by atoms with E-state index in [2.05, 4.69) is 0 Å². The van der Waals surface area contributed by atoms with Crippen LogP contribution in [0.1, 0.15) is 1.37 Å². The maximum Gasteiger partial charge on any atom is 0.294 e. The number of hydrogen-bond acceptors (Lipinski definition) is 4. The second-order valence-corrected chi connectivity index (χ2v) is 2.46. The van der Waals surface area contributed by atoms with Gasteiger partial charge in [-0.05, 0) is 6.07 Å². The molecule has 0 N–H and O–H groups in total. The van der Waals surface area contributed by atoms with Crippen molar-refractivity contribution in [3.05, 3.63) is 43.4 Å². The number of nitro benzene ring substituents is 2. The third-order valence-corrected chi connectivity index (χ3v) is 1.54. The summed E-state index contributed by atoms with van der Waals surface area (Å²) in [6, 6.07) is 1.19. The molecule has 0 saturated carbocycles. The van der Waals surface area contributed by atoms with Crippen LogP contribution in [0, 0.1) is 20.2 Å². The second-order valence-electron chi connectivity index (χ2n) is 2.05. The fourth-order valence-electron chi connectivity index (χ4n) is 0.693. The molecule has 0 aliphatic rings. The highest BCUT2D eigenvalue weighted by Gasteiger charge is 2.17. The van der Waals surface area contributed by atoms with E-state index in [1.54, 1.807) is 0 Å². The Bertz CT molecular complexity index is 423. The Hall–Kier alpha value is -1.69.